The molecule has 0 aliphatic carbocycles. The summed E-state index contributed by atoms with van der Waals surface area (Å²) >= 11 is 1.64. The van der Waals surface area contributed by atoms with E-state index in [0.717, 1.165) is 17.0 Å². The van der Waals surface area contributed by atoms with Crippen molar-refractivity contribution in [1.82, 2.24) is 20.4 Å². The van der Waals surface area contributed by atoms with Crippen molar-refractivity contribution in [3.05, 3.63) is 40.2 Å². The van der Waals surface area contributed by atoms with Crippen molar-refractivity contribution < 1.29 is 9.53 Å². The molecule has 2 aromatic heterocycles. The van der Waals surface area contributed by atoms with Crippen molar-refractivity contribution in [1.29, 1.82) is 0 Å². The molecule has 0 aromatic carbocycles. The molecular formula is C15H18N4O2S. The van der Waals surface area contributed by atoms with Gasteiger partial charge in [-0.05, 0) is 24.4 Å². The molecule has 0 spiro atoms. The van der Waals surface area contributed by atoms with Gasteiger partial charge in [-0.3, -0.25) is 0 Å². The highest BCUT2D eigenvalue weighted by Gasteiger charge is 2.27. The number of urea groups is 1. The fraction of sp³-hybridized carbons (Fsp3) is 0.400. The predicted octanol–water partition coefficient (Wildman–Crippen LogP) is 2.21. The maximum absolute atomic E-state index is 12.1. The lowest BCUT2D eigenvalue weighted by Crippen LogP contribution is -2.38. The molecule has 1 aliphatic heterocycles. The van der Waals surface area contributed by atoms with Gasteiger partial charge in [0, 0.05) is 23.9 Å². The number of ether oxygens (including phenoxy) is 1. The van der Waals surface area contributed by atoms with Gasteiger partial charge in [-0.25, -0.2) is 4.79 Å². The lowest BCUT2D eigenvalue weighted by Gasteiger charge is -2.17. The summed E-state index contributed by atoms with van der Waals surface area (Å²) in [4.78, 5) is 15.0. The van der Waals surface area contributed by atoms with E-state index in [-0.39, 0.29) is 12.1 Å². The fourth-order valence-electron chi connectivity index (χ4n) is 2.32. The highest BCUT2D eigenvalue weighted by molar-refractivity contribution is 7.09. The van der Waals surface area contributed by atoms with Crippen LogP contribution in [0.1, 0.15) is 17.0 Å². The quantitative estimate of drug-likeness (QED) is 0.938. The van der Waals surface area contributed by atoms with E-state index in [0.29, 0.717) is 25.5 Å². The molecule has 0 unspecified atom stereocenters. The van der Waals surface area contributed by atoms with Gasteiger partial charge in [-0.15, -0.1) is 16.4 Å². The van der Waals surface area contributed by atoms with Crippen LogP contribution in [0.5, 0.6) is 5.88 Å². The highest BCUT2D eigenvalue weighted by Crippen LogP contribution is 2.16. The van der Waals surface area contributed by atoms with Crippen molar-refractivity contribution in [3.8, 4) is 5.88 Å². The summed E-state index contributed by atoms with van der Waals surface area (Å²) in [5.74, 6) is 0.511. The molecule has 22 heavy (non-hydrogen) atoms. The van der Waals surface area contributed by atoms with Gasteiger partial charge in [-0.1, -0.05) is 6.07 Å². The van der Waals surface area contributed by atoms with E-state index in [1.165, 1.54) is 0 Å². The molecule has 3 heterocycles. The first kappa shape index (κ1) is 14.8. The SMILES string of the molecule is Cc1ccc(O[C@@H]2CCN(C(=O)NCc3cccs3)C2)nn1. The third kappa shape index (κ3) is 3.73. The second kappa shape index (κ2) is 6.74. The summed E-state index contributed by atoms with van der Waals surface area (Å²) < 4.78 is 5.77. The molecule has 1 N–H and O–H groups in total. The average molecular weight is 318 g/mol. The number of nitrogens with one attached hydrogen (secondary N) is 1. The molecule has 7 heteroatoms. The Kier molecular flexibility index (Phi) is 4.53. The first-order valence-electron chi connectivity index (χ1n) is 7.23. The van der Waals surface area contributed by atoms with E-state index in [2.05, 4.69) is 15.5 Å². The largest absolute Gasteiger partial charge is 0.471 e. The molecule has 1 atom stereocenters. The van der Waals surface area contributed by atoms with Gasteiger partial charge in [0.2, 0.25) is 5.88 Å². The van der Waals surface area contributed by atoms with Crippen molar-refractivity contribution in [2.24, 2.45) is 0 Å². The smallest absolute Gasteiger partial charge is 0.317 e. The number of hydrogen-bond donors (Lipinski definition) is 1. The summed E-state index contributed by atoms with van der Waals surface area (Å²) in [6, 6.07) is 7.62. The Balaban J connectivity index is 1.47. The summed E-state index contributed by atoms with van der Waals surface area (Å²) in [5.41, 5.74) is 0.855. The molecule has 1 fully saturated rings. The summed E-state index contributed by atoms with van der Waals surface area (Å²) in [5, 5.41) is 12.9. The number of aromatic nitrogens is 2. The van der Waals surface area contributed by atoms with Crippen LogP contribution >= 0.6 is 11.3 Å². The Labute approximate surface area is 133 Å². The number of carbonyl (C=O) groups is 1. The number of rotatable bonds is 4. The second-order valence-corrected chi connectivity index (χ2v) is 6.26. The van der Waals surface area contributed by atoms with Gasteiger partial charge in [0.1, 0.15) is 6.10 Å². The van der Waals surface area contributed by atoms with Crippen molar-refractivity contribution in [3.63, 3.8) is 0 Å². The maximum atomic E-state index is 12.1. The van der Waals surface area contributed by atoms with Crippen LogP contribution in [0.15, 0.2) is 29.6 Å². The van der Waals surface area contributed by atoms with Crippen LogP contribution in [-0.2, 0) is 6.54 Å². The molecule has 1 saturated heterocycles. The van der Waals surface area contributed by atoms with Gasteiger partial charge in [0.15, 0.2) is 0 Å². The van der Waals surface area contributed by atoms with Gasteiger partial charge in [-0.2, -0.15) is 5.10 Å². The van der Waals surface area contributed by atoms with E-state index in [4.69, 9.17) is 4.74 Å². The fourth-order valence-corrected chi connectivity index (χ4v) is 2.96. The zero-order valence-electron chi connectivity index (χ0n) is 12.4. The molecular weight excluding hydrogens is 300 g/mol. The van der Waals surface area contributed by atoms with Crippen LogP contribution in [0, 0.1) is 6.92 Å². The summed E-state index contributed by atoms with van der Waals surface area (Å²) in [7, 11) is 0. The normalized spacial score (nSPS) is 17.5. The Morgan fingerprint density at radius 3 is 3.09 bits per heavy atom. The van der Waals surface area contributed by atoms with Crippen LogP contribution in [0.4, 0.5) is 4.79 Å². The Morgan fingerprint density at radius 2 is 2.36 bits per heavy atom. The number of thiophene rings is 1. The maximum Gasteiger partial charge on any atom is 0.317 e. The van der Waals surface area contributed by atoms with Crippen LogP contribution in [0.25, 0.3) is 0 Å². The van der Waals surface area contributed by atoms with E-state index < -0.39 is 0 Å². The van der Waals surface area contributed by atoms with Crippen LogP contribution in [0.2, 0.25) is 0 Å². The first-order chi connectivity index (χ1) is 10.7. The number of amides is 2. The van der Waals surface area contributed by atoms with E-state index >= 15 is 0 Å². The number of nitrogens with zero attached hydrogens (tertiary/aromatic N) is 3. The van der Waals surface area contributed by atoms with Crippen LogP contribution < -0.4 is 10.1 Å². The zero-order valence-corrected chi connectivity index (χ0v) is 13.2. The first-order valence-corrected chi connectivity index (χ1v) is 8.11. The number of aryl methyl sites for hydroxylation is 1. The van der Waals surface area contributed by atoms with Gasteiger partial charge in [0.25, 0.3) is 0 Å². The average Bonchev–Trinajstić information content (AvgIpc) is 3.19. The predicted molar refractivity (Wildman–Crippen MR) is 83.9 cm³/mol. The summed E-state index contributed by atoms with van der Waals surface area (Å²) in [6.07, 6.45) is 0.784. The second-order valence-electron chi connectivity index (χ2n) is 5.23. The molecule has 2 amide bonds. The van der Waals surface area contributed by atoms with E-state index in [9.17, 15) is 4.79 Å². The minimum Gasteiger partial charge on any atom is -0.471 e. The molecule has 0 bridgehead atoms. The molecule has 1 aliphatic rings. The van der Waals surface area contributed by atoms with Gasteiger partial charge < -0.3 is 15.0 Å². The van der Waals surface area contributed by atoms with Crippen LogP contribution in [-0.4, -0.2) is 40.3 Å². The zero-order chi connectivity index (χ0) is 15.4. The van der Waals surface area contributed by atoms with Gasteiger partial charge in [0.05, 0.1) is 18.8 Å². The minimum absolute atomic E-state index is 0.0236. The lowest BCUT2D eigenvalue weighted by atomic mass is 10.3. The Hall–Kier alpha value is -2.15. The molecule has 0 radical (unpaired) electrons. The molecule has 0 saturated carbocycles. The summed E-state index contributed by atoms with van der Waals surface area (Å²) in [6.45, 7) is 3.72. The lowest BCUT2D eigenvalue weighted by molar-refractivity contribution is 0.182. The third-order valence-electron chi connectivity index (χ3n) is 3.49. The minimum atomic E-state index is -0.0468. The third-order valence-corrected chi connectivity index (χ3v) is 4.36. The standard InChI is InChI=1S/C15H18N4O2S/c1-11-4-5-14(18-17-11)21-12-6-7-19(10-12)15(20)16-9-13-3-2-8-22-13/h2-5,8,12H,6-7,9-10H2,1H3,(H,16,20)/t12-/m1/s1. The van der Waals surface area contributed by atoms with E-state index in [1.54, 1.807) is 16.2 Å². The highest BCUT2D eigenvalue weighted by atomic mass is 32.1. The Bertz CT molecular complexity index is 615. The van der Waals surface area contributed by atoms with Crippen molar-refractivity contribution >= 4 is 17.4 Å². The molecule has 6 nitrogen and oxygen atoms in total. The molecule has 116 valence electrons. The number of hydrogen-bond acceptors (Lipinski definition) is 5. The topological polar surface area (TPSA) is 67.3 Å². The van der Waals surface area contributed by atoms with Crippen LogP contribution in [0.3, 0.4) is 0 Å². The molecule has 3 rings (SSSR count). The van der Waals surface area contributed by atoms with Gasteiger partial charge >= 0.3 is 6.03 Å². The monoisotopic (exact) mass is 318 g/mol. The molecule has 2 aromatic rings. The van der Waals surface area contributed by atoms with Crippen molar-refractivity contribution in [2.75, 3.05) is 13.1 Å². The Morgan fingerprint density at radius 1 is 1.45 bits per heavy atom. The van der Waals surface area contributed by atoms with E-state index in [1.807, 2.05) is 36.6 Å². The van der Waals surface area contributed by atoms with Crippen molar-refractivity contribution in [2.45, 2.75) is 26.0 Å². The number of carbonyl (C=O) groups excluding carboxylic acids is 1. The number of likely N-dealkylation sites (tertiary alicyclic amines) is 1.